The van der Waals surface area contributed by atoms with E-state index in [1.54, 1.807) is 0 Å². The minimum Gasteiger partial charge on any atom is -0.394 e. The van der Waals surface area contributed by atoms with Gasteiger partial charge in [-0.3, -0.25) is 4.57 Å². The maximum Gasteiger partial charge on any atom is 0.367 e. The Morgan fingerprint density at radius 2 is 1.79 bits per heavy atom. The minimum atomic E-state index is -4.10. The van der Waals surface area contributed by atoms with E-state index in [1.165, 1.54) is 13.8 Å². The maximum absolute atomic E-state index is 14.3. The van der Waals surface area contributed by atoms with Gasteiger partial charge in [0.1, 0.15) is 24.4 Å². The number of hydrogen-bond acceptors (Lipinski definition) is 7. The van der Waals surface area contributed by atoms with Crippen molar-refractivity contribution < 1.29 is 38.1 Å². The van der Waals surface area contributed by atoms with Crippen LogP contribution in [0.15, 0.2) is 0 Å². The first kappa shape index (κ1) is 17.0. The van der Waals surface area contributed by atoms with Gasteiger partial charge in [0, 0.05) is 0 Å². The summed E-state index contributed by atoms with van der Waals surface area (Å²) in [5, 5.41) is 28.1. The first-order chi connectivity index (χ1) is 8.91. The average Bonchev–Trinajstić information content (AvgIpc) is 2.66. The summed E-state index contributed by atoms with van der Waals surface area (Å²) in [6.45, 7) is 2.39. The zero-order valence-corrected chi connectivity index (χ0v) is 11.7. The van der Waals surface area contributed by atoms with Crippen molar-refractivity contribution in [3.05, 3.63) is 0 Å². The molecular weight excluding hydrogens is 282 g/mol. The van der Waals surface area contributed by atoms with Gasteiger partial charge in [0.2, 0.25) is 5.91 Å². The number of ether oxygens (including phenoxy) is 1. The highest BCUT2D eigenvalue weighted by Crippen LogP contribution is 2.56. The Hall–Kier alpha value is -0.0800. The highest BCUT2D eigenvalue weighted by Gasteiger charge is 2.53. The van der Waals surface area contributed by atoms with Gasteiger partial charge in [0.25, 0.3) is 0 Å². The SMILES string of the molecule is CCOP(=O)(OCC)C(F)[C@H]1O[C@H](CO)[C@@H](O)[C@@H]1O. The van der Waals surface area contributed by atoms with E-state index >= 15 is 0 Å². The van der Waals surface area contributed by atoms with Crippen LogP contribution in [0, 0.1) is 0 Å². The molecule has 7 nitrogen and oxygen atoms in total. The van der Waals surface area contributed by atoms with Crippen molar-refractivity contribution in [1.29, 1.82) is 0 Å². The summed E-state index contributed by atoms with van der Waals surface area (Å²) in [5.41, 5.74) is 0. The third kappa shape index (κ3) is 3.52. The van der Waals surface area contributed by atoms with Gasteiger partial charge in [-0.1, -0.05) is 0 Å². The van der Waals surface area contributed by atoms with E-state index in [-0.39, 0.29) is 13.2 Å². The Morgan fingerprint density at radius 1 is 1.26 bits per heavy atom. The van der Waals surface area contributed by atoms with E-state index in [4.69, 9.17) is 18.9 Å². The molecule has 0 aromatic rings. The second-order valence-electron chi connectivity index (χ2n) is 4.05. The van der Waals surface area contributed by atoms with Crippen molar-refractivity contribution in [2.45, 2.75) is 44.2 Å². The fraction of sp³-hybridized carbons (Fsp3) is 1.00. The van der Waals surface area contributed by atoms with E-state index in [9.17, 15) is 19.2 Å². The van der Waals surface area contributed by atoms with Crippen LogP contribution in [-0.4, -0.2) is 65.5 Å². The summed E-state index contributed by atoms with van der Waals surface area (Å²) >= 11 is 0. The summed E-state index contributed by atoms with van der Waals surface area (Å²) in [4.78, 5) is 0. The number of hydrogen-bond donors (Lipinski definition) is 3. The maximum atomic E-state index is 14.3. The molecule has 1 saturated heterocycles. The van der Waals surface area contributed by atoms with Crippen LogP contribution < -0.4 is 0 Å². The predicted molar refractivity (Wildman–Crippen MR) is 63.5 cm³/mol. The number of halogens is 1. The third-order valence-corrected chi connectivity index (χ3v) is 4.90. The van der Waals surface area contributed by atoms with Crippen LogP contribution in [-0.2, 0) is 18.3 Å². The van der Waals surface area contributed by atoms with Gasteiger partial charge >= 0.3 is 7.60 Å². The Morgan fingerprint density at radius 3 is 2.16 bits per heavy atom. The molecule has 1 heterocycles. The normalized spacial score (nSPS) is 33.6. The van der Waals surface area contributed by atoms with Crippen LogP contribution in [0.5, 0.6) is 0 Å². The molecule has 5 atom stereocenters. The lowest BCUT2D eigenvalue weighted by Crippen LogP contribution is -2.37. The number of aliphatic hydroxyl groups is 3. The predicted octanol–water partition coefficient (Wildman–Crippen LogP) is 0.0296. The quantitative estimate of drug-likeness (QED) is 0.570. The van der Waals surface area contributed by atoms with Gasteiger partial charge < -0.3 is 29.1 Å². The molecule has 0 spiro atoms. The molecule has 114 valence electrons. The molecule has 1 fully saturated rings. The molecule has 0 amide bonds. The van der Waals surface area contributed by atoms with Crippen molar-refractivity contribution in [2.24, 2.45) is 0 Å². The van der Waals surface area contributed by atoms with Crippen LogP contribution >= 0.6 is 7.60 Å². The summed E-state index contributed by atoms with van der Waals surface area (Å²) in [5.74, 6) is -2.24. The Balaban J connectivity index is 2.86. The van der Waals surface area contributed by atoms with E-state index in [2.05, 4.69) is 0 Å². The molecule has 0 aromatic heterocycles. The van der Waals surface area contributed by atoms with Crippen molar-refractivity contribution in [3.8, 4) is 0 Å². The summed E-state index contributed by atoms with van der Waals surface area (Å²) in [6, 6.07) is 0. The van der Waals surface area contributed by atoms with Crippen molar-refractivity contribution in [2.75, 3.05) is 19.8 Å². The zero-order chi connectivity index (χ0) is 14.6. The van der Waals surface area contributed by atoms with Crippen molar-refractivity contribution >= 4 is 7.60 Å². The molecule has 1 aliphatic heterocycles. The van der Waals surface area contributed by atoms with E-state index in [1.807, 2.05) is 0 Å². The molecular formula is C10H20FO7P. The lowest BCUT2D eigenvalue weighted by atomic mass is 10.1. The van der Waals surface area contributed by atoms with Gasteiger partial charge in [-0.05, 0) is 13.8 Å². The Bertz CT molecular complexity index is 319. The van der Waals surface area contributed by atoms with Gasteiger partial charge in [-0.15, -0.1) is 0 Å². The molecule has 0 aliphatic carbocycles. The van der Waals surface area contributed by atoms with Crippen molar-refractivity contribution in [3.63, 3.8) is 0 Å². The van der Waals surface area contributed by atoms with Crippen LogP contribution in [0.2, 0.25) is 0 Å². The number of alkyl halides is 1. The molecule has 0 aromatic carbocycles. The van der Waals surface area contributed by atoms with E-state index in [0.717, 1.165) is 0 Å². The average molecular weight is 302 g/mol. The first-order valence-corrected chi connectivity index (χ1v) is 7.67. The topological polar surface area (TPSA) is 105 Å². The van der Waals surface area contributed by atoms with Gasteiger partial charge in [-0.25, -0.2) is 4.39 Å². The number of aliphatic hydroxyl groups excluding tert-OH is 3. The number of rotatable bonds is 7. The third-order valence-electron chi connectivity index (χ3n) is 2.77. The fourth-order valence-electron chi connectivity index (χ4n) is 1.88. The van der Waals surface area contributed by atoms with Crippen LogP contribution in [0.25, 0.3) is 0 Å². The standard InChI is InChI=1S/C10H20FO7P/c1-3-16-19(15,17-4-2)10(11)9-8(14)7(13)6(5-12)18-9/h6-10,12-14H,3-5H2,1-2H3/t6-,7-,8+,9+,10?/m1/s1. The van der Waals surface area contributed by atoms with Crippen LogP contribution in [0.3, 0.4) is 0 Å². The van der Waals surface area contributed by atoms with Gasteiger partial charge in [-0.2, -0.15) is 0 Å². The van der Waals surface area contributed by atoms with Gasteiger partial charge in [0.15, 0.2) is 0 Å². The molecule has 0 saturated carbocycles. The highest BCUT2D eigenvalue weighted by atomic mass is 31.2. The summed E-state index contributed by atoms with van der Waals surface area (Å²) in [6.07, 6.45) is -5.77. The van der Waals surface area contributed by atoms with Crippen molar-refractivity contribution in [1.82, 2.24) is 0 Å². The molecule has 3 N–H and O–H groups in total. The molecule has 19 heavy (non-hydrogen) atoms. The second-order valence-corrected chi connectivity index (χ2v) is 6.14. The fourth-order valence-corrected chi connectivity index (χ4v) is 3.56. The van der Waals surface area contributed by atoms with Crippen LogP contribution in [0.4, 0.5) is 4.39 Å². The Kier molecular flexibility index (Phi) is 6.32. The largest absolute Gasteiger partial charge is 0.394 e. The zero-order valence-electron chi connectivity index (χ0n) is 10.8. The summed E-state index contributed by atoms with van der Waals surface area (Å²) < 4.78 is 41.1. The molecule has 1 aliphatic rings. The smallest absolute Gasteiger partial charge is 0.367 e. The van der Waals surface area contributed by atoms with Gasteiger partial charge in [0.05, 0.1) is 19.8 Å². The lowest BCUT2D eigenvalue weighted by molar-refractivity contribution is -0.0407. The monoisotopic (exact) mass is 302 g/mol. The molecule has 9 heteroatoms. The lowest BCUT2D eigenvalue weighted by Gasteiger charge is -2.25. The molecule has 0 bridgehead atoms. The highest BCUT2D eigenvalue weighted by molar-refractivity contribution is 7.54. The molecule has 1 rings (SSSR count). The van der Waals surface area contributed by atoms with E-state index < -0.39 is 44.5 Å². The van der Waals surface area contributed by atoms with Crippen LogP contribution in [0.1, 0.15) is 13.8 Å². The first-order valence-electron chi connectivity index (χ1n) is 6.06. The minimum absolute atomic E-state index is 0.0352. The van der Waals surface area contributed by atoms with E-state index in [0.29, 0.717) is 0 Å². The molecule has 1 unspecified atom stereocenters. The molecule has 0 radical (unpaired) electrons. The second kappa shape index (κ2) is 7.08. The summed E-state index contributed by atoms with van der Waals surface area (Å²) in [7, 11) is -4.10. The Labute approximate surface area is 110 Å².